The number of aromatic nitrogens is 1. The van der Waals surface area contributed by atoms with E-state index in [1.165, 1.54) is 6.26 Å². The Labute approximate surface area is 114 Å². The number of nitrogens with two attached hydrogens (primary N) is 1. The first-order valence-electron chi connectivity index (χ1n) is 6.58. The van der Waals surface area contributed by atoms with E-state index in [2.05, 4.69) is 10.4 Å². The molecule has 1 saturated carbocycles. The van der Waals surface area contributed by atoms with Crippen LogP contribution in [0.5, 0.6) is 0 Å². The van der Waals surface area contributed by atoms with Gasteiger partial charge in [0.2, 0.25) is 0 Å². The summed E-state index contributed by atoms with van der Waals surface area (Å²) >= 11 is 0. The fraction of sp³-hybridized carbons (Fsp3) is 0.615. The molecule has 1 aliphatic carbocycles. The third kappa shape index (κ3) is 3.52. The maximum absolute atomic E-state index is 11.7. The SMILES string of the molecule is CS(=O)(=O)C1CCCC(C(NN)c2ccccn2)C1. The summed E-state index contributed by atoms with van der Waals surface area (Å²) in [4.78, 5) is 4.32. The molecule has 0 bridgehead atoms. The first kappa shape index (κ1) is 14.4. The first-order chi connectivity index (χ1) is 9.02. The molecule has 5 nitrogen and oxygen atoms in total. The highest BCUT2D eigenvalue weighted by Gasteiger charge is 2.33. The Balaban J connectivity index is 2.15. The van der Waals surface area contributed by atoms with Crippen LogP contribution in [0, 0.1) is 5.92 Å². The second kappa shape index (κ2) is 5.98. The number of hydrazine groups is 1. The predicted octanol–water partition coefficient (Wildman–Crippen LogP) is 1.19. The average molecular weight is 283 g/mol. The van der Waals surface area contributed by atoms with Crippen LogP contribution >= 0.6 is 0 Å². The number of nitrogens with zero attached hydrogens (tertiary/aromatic N) is 1. The first-order valence-corrected chi connectivity index (χ1v) is 8.53. The van der Waals surface area contributed by atoms with Gasteiger partial charge in [-0.15, -0.1) is 0 Å². The Morgan fingerprint density at radius 1 is 1.42 bits per heavy atom. The van der Waals surface area contributed by atoms with Gasteiger partial charge in [0.1, 0.15) is 9.84 Å². The van der Waals surface area contributed by atoms with Crippen LogP contribution in [0.2, 0.25) is 0 Å². The van der Waals surface area contributed by atoms with Gasteiger partial charge in [-0.2, -0.15) is 0 Å². The lowest BCUT2D eigenvalue weighted by Gasteiger charge is -2.33. The van der Waals surface area contributed by atoms with Crippen LogP contribution in [-0.4, -0.2) is 24.9 Å². The van der Waals surface area contributed by atoms with Gasteiger partial charge in [0.05, 0.1) is 17.0 Å². The summed E-state index contributed by atoms with van der Waals surface area (Å²) in [5.41, 5.74) is 3.68. The number of rotatable bonds is 4. The van der Waals surface area contributed by atoms with E-state index in [-0.39, 0.29) is 17.2 Å². The lowest BCUT2D eigenvalue weighted by atomic mass is 9.82. The zero-order valence-corrected chi connectivity index (χ0v) is 11.9. The van der Waals surface area contributed by atoms with E-state index in [1.54, 1.807) is 6.20 Å². The van der Waals surface area contributed by atoms with Crippen LogP contribution in [0.15, 0.2) is 24.4 Å². The molecule has 0 saturated heterocycles. The lowest BCUT2D eigenvalue weighted by Crippen LogP contribution is -2.38. The molecule has 1 aromatic heterocycles. The molecule has 1 heterocycles. The molecule has 19 heavy (non-hydrogen) atoms. The van der Waals surface area contributed by atoms with Crippen molar-refractivity contribution in [3.63, 3.8) is 0 Å². The monoisotopic (exact) mass is 283 g/mol. The second-order valence-electron chi connectivity index (χ2n) is 5.28. The van der Waals surface area contributed by atoms with Gasteiger partial charge in [-0.1, -0.05) is 12.5 Å². The summed E-state index contributed by atoms with van der Waals surface area (Å²) in [5, 5.41) is -0.245. The molecule has 1 aromatic rings. The van der Waals surface area contributed by atoms with E-state index in [0.29, 0.717) is 6.42 Å². The van der Waals surface area contributed by atoms with Gasteiger partial charge in [0, 0.05) is 12.5 Å². The van der Waals surface area contributed by atoms with Crippen LogP contribution in [0.3, 0.4) is 0 Å². The molecule has 1 aliphatic rings. The van der Waals surface area contributed by atoms with E-state index < -0.39 is 9.84 Å². The van der Waals surface area contributed by atoms with E-state index in [4.69, 9.17) is 5.84 Å². The standard InChI is InChI=1S/C13H21N3O2S/c1-19(17,18)11-6-4-5-10(9-11)13(16-14)12-7-2-3-8-15-12/h2-3,7-8,10-11,13,16H,4-6,9,14H2,1H3. The summed E-state index contributed by atoms with van der Waals surface area (Å²) in [6.45, 7) is 0. The highest BCUT2D eigenvalue weighted by atomic mass is 32.2. The normalized spacial score (nSPS) is 26.0. The molecule has 106 valence electrons. The minimum Gasteiger partial charge on any atom is -0.271 e. The number of hydrogen-bond acceptors (Lipinski definition) is 5. The molecular weight excluding hydrogens is 262 g/mol. The molecule has 3 N–H and O–H groups in total. The fourth-order valence-corrected chi connectivity index (χ4v) is 4.09. The predicted molar refractivity (Wildman–Crippen MR) is 74.9 cm³/mol. The molecule has 0 aliphatic heterocycles. The zero-order valence-electron chi connectivity index (χ0n) is 11.1. The number of nitrogens with one attached hydrogen (secondary N) is 1. The van der Waals surface area contributed by atoms with Crippen molar-refractivity contribution < 1.29 is 8.42 Å². The van der Waals surface area contributed by atoms with E-state index in [9.17, 15) is 8.42 Å². The van der Waals surface area contributed by atoms with Gasteiger partial charge in [-0.25, -0.2) is 8.42 Å². The summed E-state index contributed by atoms with van der Waals surface area (Å²) in [7, 11) is -2.97. The third-order valence-corrected chi connectivity index (χ3v) is 5.57. The molecule has 0 amide bonds. The van der Waals surface area contributed by atoms with Crippen LogP contribution < -0.4 is 11.3 Å². The Morgan fingerprint density at radius 3 is 2.79 bits per heavy atom. The Morgan fingerprint density at radius 2 is 2.21 bits per heavy atom. The van der Waals surface area contributed by atoms with Crippen LogP contribution in [0.4, 0.5) is 0 Å². The lowest BCUT2D eigenvalue weighted by molar-refractivity contribution is 0.271. The molecule has 0 spiro atoms. The maximum Gasteiger partial charge on any atom is 0.150 e. The molecule has 3 unspecified atom stereocenters. The van der Waals surface area contributed by atoms with Crippen LogP contribution in [0.1, 0.15) is 37.4 Å². The smallest absolute Gasteiger partial charge is 0.150 e. The maximum atomic E-state index is 11.7. The Bertz CT molecular complexity index is 504. The molecule has 1 fully saturated rings. The largest absolute Gasteiger partial charge is 0.271 e. The summed E-state index contributed by atoms with van der Waals surface area (Å²) < 4.78 is 23.4. The van der Waals surface area contributed by atoms with Crippen molar-refractivity contribution in [2.24, 2.45) is 11.8 Å². The van der Waals surface area contributed by atoms with Crippen molar-refractivity contribution in [1.82, 2.24) is 10.4 Å². The molecule has 6 heteroatoms. The van der Waals surface area contributed by atoms with Gasteiger partial charge in [0.25, 0.3) is 0 Å². The summed E-state index contributed by atoms with van der Waals surface area (Å²) in [5.74, 6) is 5.87. The van der Waals surface area contributed by atoms with Crippen molar-refractivity contribution in [3.05, 3.63) is 30.1 Å². The van der Waals surface area contributed by atoms with E-state index in [1.807, 2.05) is 18.2 Å². The van der Waals surface area contributed by atoms with Crippen LogP contribution in [-0.2, 0) is 9.84 Å². The molecular formula is C13H21N3O2S. The molecule has 0 aromatic carbocycles. The molecule has 2 rings (SSSR count). The molecule has 0 radical (unpaired) electrons. The van der Waals surface area contributed by atoms with Crippen molar-refractivity contribution >= 4 is 9.84 Å². The quantitative estimate of drug-likeness (QED) is 0.640. The van der Waals surface area contributed by atoms with Crippen molar-refractivity contribution in [3.8, 4) is 0 Å². The van der Waals surface area contributed by atoms with Crippen molar-refractivity contribution in [2.45, 2.75) is 37.0 Å². The third-order valence-electron chi connectivity index (χ3n) is 3.93. The number of sulfone groups is 1. The topological polar surface area (TPSA) is 85.1 Å². The highest BCUT2D eigenvalue weighted by molar-refractivity contribution is 7.91. The zero-order chi connectivity index (χ0) is 13.9. The second-order valence-corrected chi connectivity index (χ2v) is 7.60. The van der Waals surface area contributed by atoms with Gasteiger partial charge >= 0.3 is 0 Å². The Kier molecular flexibility index (Phi) is 4.54. The van der Waals surface area contributed by atoms with E-state index in [0.717, 1.165) is 25.0 Å². The van der Waals surface area contributed by atoms with Gasteiger partial charge in [-0.05, 0) is 37.3 Å². The van der Waals surface area contributed by atoms with Crippen molar-refractivity contribution in [2.75, 3.05) is 6.26 Å². The highest BCUT2D eigenvalue weighted by Crippen LogP contribution is 2.35. The minimum absolute atomic E-state index is 0.0780. The van der Waals surface area contributed by atoms with Gasteiger partial charge in [-0.3, -0.25) is 16.3 Å². The van der Waals surface area contributed by atoms with E-state index >= 15 is 0 Å². The van der Waals surface area contributed by atoms with Crippen LogP contribution in [0.25, 0.3) is 0 Å². The fourth-order valence-electron chi connectivity index (χ4n) is 2.90. The number of pyridine rings is 1. The Hall–Kier alpha value is -0.980. The number of hydrogen-bond donors (Lipinski definition) is 2. The van der Waals surface area contributed by atoms with Crippen molar-refractivity contribution in [1.29, 1.82) is 0 Å². The summed E-state index contributed by atoms with van der Waals surface area (Å²) in [6.07, 6.45) is 6.38. The summed E-state index contributed by atoms with van der Waals surface area (Å²) in [6, 6.07) is 5.63. The minimum atomic E-state index is -2.97. The average Bonchev–Trinajstić information content (AvgIpc) is 2.40. The van der Waals surface area contributed by atoms with Gasteiger partial charge < -0.3 is 0 Å². The van der Waals surface area contributed by atoms with Gasteiger partial charge in [0.15, 0.2) is 0 Å². The molecule has 3 atom stereocenters.